The monoisotopic (exact) mass is 326 g/mol. The molecule has 0 bridgehead atoms. The van der Waals surface area contributed by atoms with Gasteiger partial charge in [-0.25, -0.2) is 4.98 Å². The number of hydrogen-bond donors (Lipinski definition) is 2. The van der Waals surface area contributed by atoms with Crippen LogP contribution in [-0.4, -0.2) is 16.5 Å². The summed E-state index contributed by atoms with van der Waals surface area (Å²) in [6.07, 6.45) is 0. The van der Waals surface area contributed by atoms with Crippen LogP contribution in [0, 0.1) is 10.1 Å². The highest BCUT2D eigenvalue weighted by molar-refractivity contribution is 6.35. The van der Waals surface area contributed by atoms with Crippen molar-refractivity contribution in [2.75, 3.05) is 17.2 Å². The molecule has 0 saturated heterocycles. The lowest BCUT2D eigenvalue weighted by atomic mass is 10.3. The fourth-order valence-corrected chi connectivity index (χ4v) is 2.03. The van der Waals surface area contributed by atoms with E-state index in [9.17, 15) is 10.1 Å². The van der Waals surface area contributed by atoms with Crippen molar-refractivity contribution in [3.05, 3.63) is 50.5 Å². The number of halogens is 2. The summed E-state index contributed by atoms with van der Waals surface area (Å²) in [4.78, 5) is 14.8. The smallest absolute Gasteiger partial charge is 0.311 e. The van der Waals surface area contributed by atoms with Gasteiger partial charge in [-0.3, -0.25) is 10.1 Å². The minimum atomic E-state index is -0.510. The van der Waals surface area contributed by atoms with E-state index in [1.54, 1.807) is 24.3 Å². The molecule has 0 aliphatic carbocycles. The summed E-state index contributed by atoms with van der Waals surface area (Å²) in [5.74, 6) is 0.631. The first kappa shape index (κ1) is 15.3. The molecular weight excluding hydrogens is 315 g/mol. The lowest BCUT2D eigenvalue weighted by molar-refractivity contribution is -0.384. The molecule has 6 nitrogen and oxygen atoms in total. The lowest BCUT2D eigenvalue weighted by Gasteiger charge is -2.10. The summed E-state index contributed by atoms with van der Waals surface area (Å²) in [6.45, 7) is 2.56. The molecule has 2 rings (SSSR count). The molecular formula is C13H12Cl2N4O2. The molecule has 0 amide bonds. The van der Waals surface area contributed by atoms with Crippen LogP contribution in [0.2, 0.25) is 10.0 Å². The van der Waals surface area contributed by atoms with E-state index in [-0.39, 0.29) is 11.5 Å². The Labute approximate surface area is 131 Å². The van der Waals surface area contributed by atoms with E-state index < -0.39 is 4.92 Å². The Hall–Kier alpha value is -2.05. The lowest BCUT2D eigenvalue weighted by Crippen LogP contribution is -2.04. The summed E-state index contributed by atoms with van der Waals surface area (Å²) in [5, 5.41) is 17.8. The van der Waals surface area contributed by atoms with Crippen LogP contribution in [-0.2, 0) is 0 Å². The van der Waals surface area contributed by atoms with Crippen molar-refractivity contribution in [3.63, 3.8) is 0 Å². The number of hydrogen-bond acceptors (Lipinski definition) is 5. The van der Waals surface area contributed by atoms with Gasteiger partial charge in [0.15, 0.2) is 0 Å². The number of rotatable bonds is 5. The average Bonchev–Trinajstić information content (AvgIpc) is 2.43. The molecule has 0 fully saturated rings. The normalized spacial score (nSPS) is 10.2. The highest BCUT2D eigenvalue weighted by atomic mass is 35.5. The van der Waals surface area contributed by atoms with Gasteiger partial charge in [0.2, 0.25) is 5.82 Å². The quantitative estimate of drug-likeness (QED) is 0.625. The Balaban J connectivity index is 2.43. The Bertz CT molecular complexity index is 679. The van der Waals surface area contributed by atoms with Gasteiger partial charge in [0.05, 0.1) is 15.6 Å². The van der Waals surface area contributed by atoms with Gasteiger partial charge in [-0.15, -0.1) is 0 Å². The van der Waals surface area contributed by atoms with Crippen LogP contribution < -0.4 is 10.6 Å². The van der Waals surface area contributed by atoms with Crippen molar-refractivity contribution in [3.8, 4) is 0 Å². The largest absolute Gasteiger partial charge is 0.370 e. The molecule has 0 atom stereocenters. The van der Waals surface area contributed by atoms with E-state index in [1.807, 2.05) is 6.92 Å². The maximum absolute atomic E-state index is 11.1. The van der Waals surface area contributed by atoms with Crippen LogP contribution in [0.15, 0.2) is 30.3 Å². The van der Waals surface area contributed by atoms with Crippen molar-refractivity contribution >= 4 is 46.2 Å². The first-order valence-electron chi connectivity index (χ1n) is 6.12. The zero-order valence-corrected chi connectivity index (χ0v) is 12.6. The first-order valence-corrected chi connectivity index (χ1v) is 6.88. The Morgan fingerprint density at radius 2 is 2.05 bits per heavy atom. The molecule has 1 aromatic heterocycles. The Kier molecular flexibility index (Phi) is 4.82. The molecule has 0 aliphatic heterocycles. The summed E-state index contributed by atoms with van der Waals surface area (Å²) < 4.78 is 0. The zero-order valence-electron chi connectivity index (χ0n) is 11.1. The number of nitro groups is 1. The molecule has 0 aliphatic rings. The van der Waals surface area contributed by atoms with Gasteiger partial charge in [0.25, 0.3) is 0 Å². The van der Waals surface area contributed by atoms with Gasteiger partial charge in [-0.1, -0.05) is 23.2 Å². The Morgan fingerprint density at radius 3 is 2.71 bits per heavy atom. The van der Waals surface area contributed by atoms with Gasteiger partial charge >= 0.3 is 5.69 Å². The third-order valence-corrected chi connectivity index (χ3v) is 3.17. The maximum atomic E-state index is 11.1. The molecule has 2 aromatic rings. The molecule has 21 heavy (non-hydrogen) atoms. The van der Waals surface area contributed by atoms with Crippen LogP contribution in [0.1, 0.15) is 6.92 Å². The number of benzene rings is 1. The number of nitrogens with zero attached hydrogens (tertiary/aromatic N) is 2. The minimum Gasteiger partial charge on any atom is -0.370 e. The van der Waals surface area contributed by atoms with Gasteiger partial charge < -0.3 is 10.6 Å². The predicted octanol–water partition coefficient (Wildman–Crippen LogP) is 4.47. The maximum Gasteiger partial charge on any atom is 0.311 e. The number of aromatic nitrogens is 1. The van der Waals surface area contributed by atoms with E-state index in [4.69, 9.17) is 23.2 Å². The topological polar surface area (TPSA) is 80.1 Å². The van der Waals surface area contributed by atoms with Crippen LogP contribution in [0.5, 0.6) is 0 Å². The summed E-state index contributed by atoms with van der Waals surface area (Å²) >= 11 is 11.9. The minimum absolute atomic E-state index is 0.0996. The van der Waals surface area contributed by atoms with E-state index in [0.717, 1.165) is 0 Å². The predicted molar refractivity (Wildman–Crippen MR) is 84.8 cm³/mol. The second-order valence-corrected chi connectivity index (χ2v) is 4.94. The SMILES string of the molecule is CCNc1ccc([N+](=O)[O-])c(Nc2cc(Cl)ccc2Cl)n1. The van der Waals surface area contributed by atoms with Crippen molar-refractivity contribution in [1.82, 2.24) is 4.98 Å². The fourth-order valence-electron chi connectivity index (χ4n) is 1.69. The molecule has 1 heterocycles. The molecule has 0 spiro atoms. The number of pyridine rings is 1. The van der Waals surface area contributed by atoms with Crippen LogP contribution in [0.3, 0.4) is 0 Å². The number of anilines is 3. The summed E-state index contributed by atoms with van der Waals surface area (Å²) in [6, 6.07) is 7.74. The van der Waals surface area contributed by atoms with E-state index in [0.29, 0.717) is 28.1 Å². The molecule has 0 unspecified atom stereocenters. The molecule has 2 N–H and O–H groups in total. The van der Waals surface area contributed by atoms with Gasteiger partial charge in [0.1, 0.15) is 5.82 Å². The average molecular weight is 327 g/mol. The van der Waals surface area contributed by atoms with Crippen LogP contribution >= 0.6 is 23.2 Å². The van der Waals surface area contributed by atoms with Crippen molar-refractivity contribution < 1.29 is 4.92 Å². The first-order chi connectivity index (χ1) is 10.0. The molecule has 1 aromatic carbocycles. The van der Waals surface area contributed by atoms with E-state index >= 15 is 0 Å². The molecule has 110 valence electrons. The third kappa shape index (κ3) is 3.74. The second kappa shape index (κ2) is 6.60. The van der Waals surface area contributed by atoms with Crippen molar-refractivity contribution in [2.45, 2.75) is 6.92 Å². The Morgan fingerprint density at radius 1 is 1.29 bits per heavy atom. The van der Waals surface area contributed by atoms with Crippen molar-refractivity contribution in [2.24, 2.45) is 0 Å². The summed E-state index contributed by atoms with van der Waals surface area (Å²) in [5.41, 5.74) is 0.307. The number of nitrogens with one attached hydrogen (secondary N) is 2. The standard InChI is InChI=1S/C13H12Cl2N4O2/c1-2-16-12-6-5-11(19(20)21)13(18-12)17-10-7-8(14)3-4-9(10)15/h3-7H,2H2,1H3,(H2,16,17,18). The third-order valence-electron chi connectivity index (χ3n) is 2.61. The molecule has 8 heteroatoms. The van der Waals surface area contributed by atoms with Gasteiger partial charge in [-0.2, -0.15) is 0 Å². The van der Waals surface area contributed by atoms with Crippen LogP contribution in [0.25, 0.3) is 0 Å². The molecule has 0 saturated carbocycles. The van der Waals surface area contributed by atoms with Gasteiger partial charge in [-0.05, 0) is 31.2 Å². The highest BCUT2D eigenvalue weighted by Gasteiger charge is 2.17. The van der Waals surface area contributed by atoms with Crippen molar-refractivity contribution in [1.29, 1.82) is 0 Å². The summed E-state index contributed by atoms with van der Waals surface area (Å²) in [7, 11) is 0. The molecule has 0 radical (unpaired) electrons. The second-order valence-electron chi connectivity index (χ2n) is 4.10. The van der Waals surface area contributed by atoms with Gasteiger partial charge in [0, 0.05) is 17.6 Å². The fraction of sp³-hybridized carbons (Fsp3) is 0.154. The van der Waals surface area contributed by atoms with Crippen LogP contribution in [0.4, 0.5) is 23.0 Å². The van der Waals surface area contributed by atoms with E-state index in [2.05, 4.69) is 15.6 Å². The highest BCUT2D eigenvalue weighted by Crippen LogP contribution is 2.32. The zero-order chi connectivity index (χ0) is 15.4. The van der Waals surface area contributed by atoms with E-state index in [1.165, 1.54) is 6.07 Å².